The predicted molar refractivity (Wildman–Crippen MR) is 56.5 cm³/mol. The van der Waals surface area contributed by atoms with Crippen LogP contribution in [0.4, 0.5) is 4.39 Å². The van der Waals surface area contributed by atoms with Crippen molar-refractivity contribution < 1.29 is 13.9 Å². The van der Waals surface area contributed by atoms with E-state index in [1.807, 2.05) is 0 Å². The van der Waals surface area contributed by atoms with Crippen molar-refractivity contribution >= 4 is 5.91 Å². The Kier molecular flexibility index (Phi) is 3.17. The van der Waals surface area contributed by atoms with E-state index in [1.165, 1.54) is 6.07 Å². The molecule has 0 radical (unpaired) electrons. The van der Waals surface area contributed by atoms with Gasteiger partial charge in [-0.3, -0.25) is 4.79 Å². The van der Waals surface area contributed by atoms with Gasteiger partial charge in [0, 0.05) is 24.2 Å². The van der Waals surface area contributed by atoms with Gasteiger partial charge in [0.2, 0.25) is 5.91 Å². The topological polar surface area (TPSA) is 64.4 Å². The molecule has 0 unspecified atom stereocenters. The number of ether oxygens (including phenoxy) is 1. The van der Waals surface area contributed by atoms with Gasteiger partial charge in [0.25, 0.3) is 0 Å². The van der Waals surface area contributed by atoms with Crippen molar-refractivity contribution in [3.63, 3.8) is 0 Å². The summed E-state index contributed by atoms with van der Waals surface area (Å²) in [5.41, 5.74) is 5.69. The molecule has 3 N–H and O–H groups in total. The monoisotopic (exact) mass is 224 g/mol. The quantitative estimate of drug-likeness (QED) is 0.772. The van der Waals surface area contributed by atoms with Crippen LogP contribution in [-0.4, -0.2) is 25.6 Å². The maximum Gasteiger partial charge on any atom is 0.248 e. The first kappa shape index (κ1) is 11.0. The van der Waals surface area contributed by atoms with E-state index in [-0.39, 0.29) is 11.7 Å². The molecule has 2 rings (SSSR count). The van der Waals surface area contributed by atoms with E-state index in [0.717, 1.165) is 12.6 Å². The second-order valence-corrected chi connectivity index (χ2v) is 3.66. The largest absolute Gasteiger partial charge is 0.371 e. The Morgan fingerprint density at radius 2 is 2.38 bits per heavy atom. The number of amides is 1. The molecule has 0 spiro atoms. The number of nitrogens with one attached hydrogen (secondary N) is 1. The highest BCUT2D eigenvalue weighted by Gasteiger charge is 2.19. The molecule has 0 saturated carbocycles. The fourth-order valence-corrected chi connectivity index (χ4v) is 1.71. The number of halogens is 1. The summed E-state index contributed by atoms with van der Waals surface area (Å²) < 4.78 is 19.1. The molecule has 1 aromatic rings. The standard InChI is InChI=1S/C11H13FN2O2/c12-9-5-7(11(13)15)1-2-8(9)10-6-14-3-4-16-10/h1-2,5,10,14H,3-4,6H2,(H2,13,15)/t10-/m1/s1. The number of carbonyl (C=O) groups excluding carboxylic acids is 1. The zero-order chi connectivity index (χ0) is 11.5. The van der Waals surface area contributed by atoms with Gasteiger partial charge in [-0.1, -0.05) is 6.07 Å². The van der Waals surface area contributed by atoms with Crippen LogP contribution in [0.15, 0.2) is 18.2 Å². The first-order valence-electron chi connectivity index (χ1n) is 5.10. The van der Waals surface area contributed by atoms with Gasteiger partial charge < -0.3 is 15.8 Å². The van der Waals surface area contributed by atoms with E-state index < -0.39 is 11.7 Å². The minimum atomic E-state index is -0.631. The highest BCUT2D eigenvalue weighted by atomic mass is 19.1. The third-order valence-electron chi connectivity index (χ3n) is 2.56. The van der Waals surface area contributed by atoms with Crippen molar-refractivity contribution in [3.05, 3.63) is 35.1 Å². The molecule has 1 aliphatic rings. The fourth-order valence-electron chi connectivity index (χ4n) is 1.71. The number of hydrogen-bond donors (Lipinski definition) is 2. The van der Waals surface area contributed by atoms with Gasteiger partial charge >= 0.3 is 0 Å². The Morgan fingerprint density at radius 3 is 2.94 bits per heavy atom. The lowest BCUT2D eigenvalue weighted by Crippen LogP contribution is -2.33. The lowest BCUT2D eigenvalue weighted by atomic mass is 10.0. The molecule has 1 atom stereocenters. The van der Waals surface area contributed by atoms with Crippen LogP contribution >= 0.6 is 0 Å². The number of rotatable bonds is 2. The first-order chi connectivity index (χ1) is 7.68. The molecule has 1 amide bonds. The van der Waals surface area contributed by atoms with Crippen molar-refractivity contribution in [3.8, 4) is 0 Å². The Morgan fingerprint density at radius 1 is 1.56 bits per heavy atom. The number of carbonyl (C=O) groups is 1. The molecular weight excluding hydrogens is 211 g/mol. The van der Waals surface area contributed by atoms with Crippen LogP contribution in [-0.2, 0) is 4.74 Å². The Labute approximate surface area is 92.6 Å². The van der Waals surface area contributed by atoms with Crippen LogP contribution in [0, 0.1) is 5.82 Å². The van der Waals surface area contributed by atoms with Gasteiger partial charge in [0.1, 0.15) is 5.82 Å². The SMILES string of the molecule is NC(=O)c1ccc([C@H]2CNCCO2)c(F)c1. The van der Waals surface area contributed by atoms with Crippen molar-refractivity contribution in [2.45, 2.75) is 6.10 Å². The molecule has 1 fully saturated rings. The van der Waals surface area contributed by atoms with Crippen molar-refractivity contribution in [2.24, 2.45) is 5.73 Å². The van der Waals surface area contributed by atoms with Gasteiger partial charge in [-0.05, 0) is 12.1 Å². The normalized spacial score (nSPS) is 20.7. The van der Waals surface area contributed by atoms with E-state index >= 15 is 0 Å². The predicted octanol–water partition coefficient (Wildman–Crippen LogP) is 0.585. The summed E-state index contributed by atoms with van der Waals surface area (Å²) in [6.07, 6.45) is -0.296. The minimum Gasteiger partial charge on any atom is -0.371 e. The molecule has 1 aromatic carbocycles. The molecule has 4 nitrogen and oxygen atoms in total. The molecule has 0 aromatic heterocycles. The lowest BCUT2D eigenvalue weighted by molar-refractivity contribution is 0.0255. The van der Waals surface area contributed by atoms with E-state index in [0.29, 0.717) is 18.7 Å². The highest BCUT2D eigenvalue weighted by Crippen LogP contribution is 2.22. The van der Waals surface area contributed by atoms with Gasteiger partial charge in [-0.15, -0.1) is 0 Å². The molecule has 1 saturated heterocycles. The summed E-state index contributed by atoms with van der Waals surface area (Å²) in [5, 5.41) is 3.11. The smallest absolute Gasteiger partial charge is 0.248 e. The highest BCUT2D eigenvalue weighted by molar-refractivity contribution is 5.92. The van der Waals surface area contributed by atoms with Crippen LogP contribution in [0.25, 0.3) is 0 Å². The van der Waals surface area contributed by atoms with E-state index in [1.54, 1.807) is 6.07 Å². The second-order valence-electron chi connectivity index (χ2n) is 3.66. The van der Waals surface area contributed by atoms with E-state index in [2.05, 4.69) is 5.32 Å². The minimum absolute atomic E-state index is 0.171. The maximum absolute atomic E-state index is 13.7. The van der Waals surface area contributed by atoms with Gasteiger partial charge in [0.15, 0.2) is 0 Å². The maximum atomic E-state index is 13.7. The Balaban J connectivity index is 2.24. The third-order valence-corrected chi connectivity index (χ3v) is 2.56. The molecule has 5 heteroatoms. The number of benzene rings is 1. The summed E-state index contributed by atoms with van der Waals surface area (Å²) in [7, 11) is 0. The fraction of sp³-hybridized carbons (Fsp3) is 0.364. The second kappa shape index (κ2) is 4.59. The van der Waals surface area contributed by atoms with Crippen LogP contribution in [0.3, 0.4) is 0 Å². The molecule has 1 aliphatic heterocycles. The summed E-state index contributed by atoms with van der Waals surface area (Å²) >= 11 is 0. The van der Waals surface area contributed by atoms with Crippen molar-refractivity contribution in [1.29, 1.82) is 0 Å². The van der Waals surface area contributed by atoms with Crippen molar-refractivity contribution in [1.82, 2.24) is 5.32 Å². The number of morpholine rings is 1. The third kappa shape index (κ3) is 2.20. The van der Waals surface area contributed by atoms with Gasteiger partial charge in [-0.2, -0.15) is 0 Å². The number of hydrogen-bond acceptors (Lipinski definition) is 3. The Hall–Kier alpha value is -1.46. The van der Waals surface area contributed by atoms with Gasteiger partial charge in [-0.25, -0.2) is 4.39 Å². The Bertz CT molecular complexity index is 403. The number of nitrogens with two attached hydrogens (primary N) is 1. The van der Waals surface area contributed by atoms with Crippen LogP contribution in [0.1, 0.15) is 22.0 Å². The molecule has 86 valence electrons. The van der Waals surface area contributed by atoms with Crippen LogP contribution < -0.4 is 11.1 Å². The lowest BCUT2D eigenvalue weighted by Gasteiger charge is -2.24. The summed E-state index contributed by atoms with van der Waals surface area (Å²) in [6, 6.07) is 4.21. The zero-order valence-electron chi connectivity index (χ0n) is 8.70. The first-order valence-corrected chi connectivity index (χ1v) is 5.10. The summed E-state index contributed by atoms with van der Waals surface area (Å²) in [4.78, 5) is 10.9. The molecular formula is C11H13FN2O2. The summed E-state index contributed by atoms with van der Waals surface area (Å²) in [6.45, 7) is 1.91. The van der Waals surface area contributed by atoms with Crippen LogP contribution in [0.2, 0.25) is 0 Å². The molecule has 0 bridgehead atoms. The van der Waals surface area contributed by atoms with Crippen molar-refractivity contribution in [2.75, 3.05) is 19.7 Å². The van der Waals surface area contributed by atoms with E-state index in [4.69, 9.17) is 10.5 Å². The average molecular weight is 224 g/mol. The summed E-state index contributed by atoms with van der Waals surface area (Å²) in [5.74, 6) is -1.09. The zero-order valence-corrected chi connectivity index (χ0v) is 8.70. The van der Waals surface area contributed by atoms with Crippen LogP contribution in [0.5, 0.6) is 0 Å². The van der Waals surface area contributed by atoms with E-state index in [9.17, 15) is 9.18 Å². The van der Waals surface area contributed by atoms with Gasteiger partial charge in [0.05, 0.1) is 12.7 Å². The molecule has 1 heterocycles. The molecule has 0 aliphatic carbocycles. The molecule has 16 heavy (non-hydrogen) atoms. The number of primary amides is 1. The average Bonchev–Trinajstić information content (AvgIpc) is 2.30.